The molecule has 0 fully saturated rings. The Morgan fingerprint density at radius 2 is 1.97 bits per heavy atom. The second-order valence-electron chi connectivity index (χ2n) is 8.31. The van der Waals surface area contributed by atoms with E-state index in [0.717, 1.165) is 47.8 Å². The van der Waals surface area contributed by atoms with Crippen LogP contribution in [0.15, 0.2) is 28.5 Å². The van der Waals surface area contributed by atoms with Crippen molar-refractivity contribution in [3.63, 3.8) is 0 Å². The molecule has 0 spiro atoms. The molecule has 2 aromatic heterocycles. The fraction of sp³-hybridized carbons (Fsp3) is 0.522. The summed E-state index contributed by atoms with van der Waals surface area (Å²) in [5, 5.41) is 0.672. The standard InChI is InChI=1S/C23H30N4O2S2/c1-4-19(31(28)29)10-5-6-11-27-22-21(16(3)24-14-25-22)26-23(27)30-20-13-18-9-7-8-17(18)12-15(20)2/h12-14,19H,4-11H2,1-3H3,(H,28,29)/p-1. The molecule has 0 N–H and O–H groups in total. The van der Waals surface area contributed by atoms with Crippen LogP contribution in [0.4, 0.5) is 0 Å². The summed E-state index contributed by atoms with van der Waals surface area (Å²) in [6.45, 7) is 6.83. The van der Waals surface area contributed by atoms with Gasteiger partial charge < -0.3 is 9.12 Å². The molecule has 3 aromatic rings. The number of benzene rings is 1. The van der Waals surface area contributed by atoms with Crippen LogP contribution in [0.25, 0.3) is 11.2 Å². The maximum Gasteiger partial charge on any atom is 0.175 e. The van der Waals surface area contributed by atoms with Crippen LogP contribution < -0.4 is 0 Å². The van der Waals surface area contributed by atoms with Crippen LogP contribution in [0.3, 0.4) is 0 Å². The van der Waals surface area contributed by atoms with E-state index in [9.17, 15) is 8.76 Å². The molecule has 2 atom stereocenters. The summed E-state index contributed by atoms with van der Waals surface area (Å²) >= 11 is -0.296. The second kappa shape index (κ2) is 9.79. The van der Waals surface area contributed by atoms with E-state index in [-0.39, 0.29) is 5.25 Å². The van der Waals surface area contributed by atoms with Gasteiger partial charge in [-0.1, -0.05) is 42.3 Å². The van der Waals surface area contributed by atoms with Gasteiger partial charge in [0.1, 0.15) is 11.8 Å². The molecule has 2 unspecified atom stereocenters. The van der Waals surface area contributed by atoms with Gasteiger partial charge in [-0.2, -0.15) is 0 Å². The number of fused-ring (bicyclic) bond motifs is 2. The molecule has 0 aliphatic heterocycles. The van der Waals surface area contributed by atoms with Gasteiger partial charge >= 0.3 is 0 Å². The van der Waals surface area contributed by atoms with Crippen molar-refractivity contribution in [2.45, 2.75) is 87.6 Å². The summed E-state index contributed by atoms with van der Waals surface area (Å²) < 4.78 is 24.8. The highest BCUT2D eigenvalue weighted by atomic mass is 32.2. The fourth-order valence-corrected chi connectivity index (χ4v) is 5.99. The first-order chi connectivity index (χ1) is 15.0. The van der Waals surface area contributed by atoms with Crippen LogP contribution in [0.5, 0.6) is 0 Å². The third-order valence-electron chi connectivity index (χ3n) is 6.16. The first-order valence-corrected chi connectivity index (χ1v) is 13.0. The Bertz CT molecular complexity index is 1110. The van der Waals surface area contributed by atoms with Crippen molar-refractivity contribution >= 4 is 34.0 Å². The molecule has 0 bridgehead atoms. The maximum atomic E-state index is 11.3. The minimum atomic E-state index is -2.00. The normalized spacial score (nSPS) is 15.4. The highest BCUT2D eigenvalue weighted by Crippen LogP contribution is 2.36. The fourth-order valence-electron chi connectivity index (χ4n) is 4.32. The number of rotatable bonds is 9. The van der Waals surface area contributed by atoms with E-state index in [0.29, 0.717) is 12.8 Å². The van der Waals surface area contributed by atoms with Crippen molar-refractivity contribution in [1.29, 1.82) is 0 Å². The quantitative estimate of drug-likeness (QED) is 0.335. The Morgan fingerprint density at radius 1 is 1.19 bits per heavy atom. The zero-order chi connectivity index (χ0) is 22.0. The van der Waals surface area contributed by atoms with Crippen molar-refractivity contribution < 1.29 is 8.76 Å². The molecule has 2 heterocycles. The third-order valence-corrected chi connectivity index (χ3v) is 8.42. The molecule has 0 amide bonds. The average molecular weight is 458 g/mol. The number of aryl methyl sites for hydroxylation is 5. The predicted octanol–water partition coefficient (Wildman–Crippen LogP) is 4.91. The molecule has 1 aliphatic carbocycles. The van der Waals surface area contributed by atoms with Crippen LogP contribution in [0.1, 0.15) is 61.4 Å². The minimum absolute atomic E-state index is 0.257. The Morgan fingerprint density at radius 3 is 2.71 bits per heavy atom. The summed E-state index contributed by atoms with van der Waals surface area (Å²) in [6, 6.07) is 4.66. The SMILES string of the molecule is CCC(CCCCn1c(Sc2cc3c(cc2C)CCC3)nc2c(C)ncnc21)S(=O)[O-]. The lowest BCUT2D eigenvalue weighted by Crippen LogP contribution is -2.13. The number of unbranched alkanes of at least 4 members (excludes halogenated alkanes) is 1. The molecule has 0 saturated carbocycles. The lowest BCUT2D eigenvalue weighted by Gasteiger charge is -2.17. The van der Waals surface area contributed by atoms with Crippen LogP contribution in [0, 0.1) is 13.8 Å². The number of hydrogen-bond acceptors (Lipinski definition) is 6. The largest absolute Gasteiger partial charge is 0.772 e. The van der Waals surface area contributed by atoms with E-state index in [1.807, 2.05) is 13.8 Å². The summed E-state index contributed by atoms with van der Waals surface area (Å²) in [5.74, 6) is 0. The van der Waals surface area contributed by atoms with E-state index in [4.69, 9.17) is 4.98 Å². The van der Waals surface area contributed by atoms with Crippen LogP contribution in [0.2, 0.25) is 0 Å². The van der Waals surface area contributed by atoms with Gasteiger partial charge in [-0.3, -0.25) is 4.21 Å². The molecule has 8 heteroatoms. The summed E-state index contributed by atoms with van der Waals surface area (Å²) in [7, 11) is 0. The molecular weight excluding hydrogens is 428 g/mol. The van der Waals surface area contributed by atoms with Gasteiger partial charge in [0.05, 0.1) is 5.69 Å². The molecule has 4 rings (SSSR count). The van der Waals surface area contributed by atoms with Crippen LogP contribution in [-0.2, 0) is 30.5 Å². The molecule has 31 heavy (non-hydrogen) atoms. The number of hydrogen-bond donors (Lipinski definition) is 0. The van der Waals surface area contributed by atoms with Crippen LogP contribution >= 0.6 is 11.8 Å². The van der Waals surface area contributed by atoms with Crippen molar-refractivity contribution in [3.05, 3.63) is 40.8 Å². The lowest BCUT2D eigenvalue weighted by molar-refractivity contribution is 0.497. The van der Waals surface area contributed by atoms with E-state index >= 15 is 0 Å². The second-order valence-corrected chi connectivity index (χ2v) is 10.5. The molecule has 166 valence electrons. The van der Waals surface area contributed by atoms with Crippen LogP contribution in [-0.4, -0.2) is 33.5 Å². The summed E-state index contributed by atoms with van der Waals surface area (Å²) in [4.78, 5) is 15.0. The molecule has 1 aromatic carbocycles. The average Bonchev–Trinajstić information content (AvgIpc) is 3.33. The molecular formula is C23H29N4O2S2-. The van der Waals surface area contributed by atoms with Gasteiger partial charge in [0.2, 0.25) is 0 Å². The minimum Gasteiger partial charge on any atom is -0.772 e. The van der Waals surface area contributed by atoms with Crippen molar-refractivity contribution in [2.24, 2.45) is 0 Å². The lowest BCUT2D eigenvalue weighted by atomic mass is 10.1. The van der Waals surface area contributed by atoms with Gasteiger partial charge in [0.25, 0.3) is 0 Å². The van der Waals surface area contributed by atoms with Crippen molar-refractivity contribution in [3.8, 4) is 0 Å². The number of aromatic nitrogens is 4. The van der Waals surface area contributed by atoms with Gasteiger partial charge in [0.15, 0.2) is 10.8 Å². The first kappa shape index (κ1) is 22.4. The zero-order valence-corrected chi connectivity index (χ0v) is 20.0. The Balaban J connectivity index is 1.58. The van der Waals surface area contributed by atoms with Gasteiger partial charge in [-0.25, -0.2) is 15.0 Å². The molecule has 1 aliphatic rings. The molecule has 0 radical (unpaired) electrons. The van der Waals surface area contributed by atoms with E-state index in [2.05, 4.69) is 33.6 Å². The monoisotopic (exact) mass is 457 g/mol. The van der Waals surface area contributed by atoms with E-state index in [1.54, 1.807) is 18.1 Å². The first-order valence-electron chi connectivity index (χ1n) is 11.0. The summed E-state index contributed by atoms with van der Waals surface area (Å²) in [6.07, 6.45) is 8.28. The third kappa shape index (κ3) is 4.86. The highest BCUT2D eigenvalue weighted by molar-refractivity contribution is 7.99. The maximum absolute atomic E-state index is 11.3. The number of imidazole rings is 1. The summed E-state index contributed by atoms with van der Waals surface area (Å²) in [5.41, 5.74) is 6.81. The number of nitrogens with zero attached hydrogens (tertiary/aromatic N) is 4. The van der Waals surface area contributed by atoms with Crippen molar-refractivity contribution in [2.75, 3.05) is 0 Å². The van der Waals surface area contributed by atoms with E-state index < -0.39 is 11.1 Å². The Kier molecular flexibility index (Phi) is 7.08. The van der Waals surface area contributed by atoms with E-state index in [1.165, 1.54) is 34.4 Å². The Hall–Kier alpha value is -1.77. The van der Waals surface area contributed by atoms with Gasteiger partial charge in [-0.05, 0) is 75.1 Å². The topological polar surface area (TPSA) is 83.7 Å². The highest BCUT2D eigenvalue weighted by Gasteiger charge is 2.19. The predicted molar refractivity (Wildman–Crippen MR) is 124 cm³/mol. The van der Waals surface area contributed by atoms with Crippen molar-refractivity contribution in [1.82, 2.24) is 19.5 Å². The molecule has 0 saturated heterocycles. The van der Waals surface area contributed by atoms with Gasteiger partial charge in [0, 0.05) is 16.7 Å². The van der Waals surface area contributed by atoms with Gasteiger partial charge in [-0.15, -0.1) is 0 Å². The smallest absolute Gasteiger partial charge is 0.175 e. The molecule has 6 nitrogen and oxygen atoms in total. The Labute approximate surface area is 190 Å². The zero-order valence-electron chi connectivity index (χ0n) is 18.4.